The van der Waals surface area contributed by atoms with Crippen molar-refractivity contribution in [3.63, 3.8) is 0 Å². The summed E-state index contributed by atoms with van der Waals surface area (Å²) >= 11 is 0. The summed E-state index contributed by atoms with van der Waals surface area (Å²) in [5, 5.41) is 10.5. The van der Waals surface area contributed by atoms with Gasteiger partial charge in [0.25, 0.3) is 0 Å². The first-order chi connectivity index (χ1) is 16.0. The molecule has 2 heterocycles. The normalized spacial score (nSPS) is 24.5. The summed E-state index contributed by atoms with van der Waals surface area (Å²) < 4.78 is 11.5. The second kappa shape index (κ2) is 10.5. The van der Waals surface area contributed by atoms with E-state index in [0.717, 1.165) is 29.7 Å². The molecule has 0 saturated carbocycles. The molecule has 7 heteroatoms. The number of aromatic hydroxyl groups is 1. The summed E-state index contributed by atoms with van der Waals surface area (Å²) in [5.41, 5.74) is 8.35. The van der Waals surface area contributed by atoms with Gasteiger partial charge in [0.2, 0.25) is 5.91 Å². The molecule has 178 valence electrons. The number of phenolic OH excluding ortho intramolecular Hbond substituents is 1. The van der Waals surface area contributed by atoms with E-state index in [1.165, 1.54) is 0 Å². The average molecular weight is 454 g/mol. The maximum Gasteiger partial charge on any atom is 0.242 e. The van der Waals surface area contributed by atoms with Crippen LogP contribution in [0.3, 0.4) is 0 Å². The number of hydrogen-bond acceptors (Lipinski definition) is 6. The van der Waals surface area contributed by atoms with Crippen molar-refractivity contribution < 1.29 is 19.4 Å². The lowest BCUT2D eigenvalue weighted by atomic mass is 9.83. The van der Waals surface area contributed by atoms with E-state index in [4.69, 9.17) is 9.47 Å². The molecule has 2 aromatic rings. The molecular formula is C26H35N3O4. The Hall–Kier alpha value is -2.61. The highest BCUT2D eigenvalue weighted by Crippen LogP contribution is 2.48. The number of likely N-dealkylation sites (tertiary alicyclic amines) is 1. The predicted octanol–water partition coefficient (Wildman–Crippen LogP) is 3.71. The van der Waals surface area contributed by atoms with Gasteiger partial charge in [-0.3, -0.25) is 4.79 Å². The zero-order chi connectivity index (χ0) is 23.4. The van der Waals surface area contributed by atoms with Gasteiger partial charge in [-0.15, -0.1) is 0 Å². The number of para-hydroxylation sites is 1. The molecule has 0 spiro atoms. The number of nitrogens with zero attached hydrogens (tertiary/aromatic N) is 1. The summed E-state index contributed by atoms with van der Waals surface area (Å²) in [5.74, 6) is 1.07. The van der Waals surface area contributed by atoms with Crippen LogP contribution in [0.2, 0.25) is 0 Å². The van der Waals surface area contributed by atoms with Crippen molar-refractivity contribution in [2.24, 2.45) is 5.92 Å². The van der Waals surface area contributed by atoms with Crippen LogP contribution < -0.4 is 15.6 Å². The number of carbonyl (C=O) groups excluding carboxylic acids is 1. The topological polar surface area (TPSA) is 83.1 Å². The second-order valence-electron chi connectivity index (χ2n) is 9.05. The molecule has 2 aliphatic rings. The van der Waals surface area contributed by atoms with Crippen molar-refractivity contribution in [1.29, 1.82) is 0 Å². The van der Waals surface area contributed by atoms with Crippen LogP contribution in [0.5, 0.6) is 11.5 Å². The molecule has 2 fully saturated rings. The van der Waals surface area contributed by atoms with Gasteiger partial charge in [0.05, 0.1) is 24.8 Å². The van der Waals surface area contributed by atoms with Gasteiger partial charge < -0.3 is 19.5 Å². The molecule has 0 radical (unpaired) electrons. The van der Waals surface area contributed by atoms with Gasteiger partial charge in [-0.25, -0.2) is 10.9 Å². The zero-order valence-corrected chi connectivity index (χ0v) is 19.7. The van der Waals surface area contributed by atoms with Crippen LogP contribution in [0, 0.1) is 5.92 Å². The molecule has 4 unspecified atom stereocenters. The molecule has 33 heavy (non-hydrogen) atoms. The highest BCUT2D eigenvalue weighted by atomic mass is 16.5. The minimum Gasteiger partial charge on any atom is -0.508 e. The number of fused-ring (bicyclic) bond motifs is 1. The smallest absolute Gasteiger partial charge is 0.242 e. The van der Waals surface area contributed by atoms with E-state index < -0.39 is 0 Å². The average Bonchev–Trinajstić information content (AvgIpc) is 3.35. The molecule has 0 bridgehead atoms. The van der Waals surface area contributed by atoms with E-state index in [2.05, 4.69) is 29.9 Å². The van der Waals surface area contributed by atoms with Gasteiger partial charge in [0, 0.05) is 24.6 Å². The quantitative estimate of drug-likeness (QED) is 0.476. The summed E-state index contributed by atoms with van der Waals surface area (Å²) in [6, 6.07) is 14.7. The Labute approximate surface area is 196 Å². The Balaban J connectivity index is 1.63. The lowest BCUT2D eigenvalue weighted by Crippen LogP contribution is -2.41. The number of amides is 1. The van der Waals surface area contributed by atoms with Gasteiger partial charge in [-0.2, -0.15) is 0 Å². The van der Waals surface area contributed by atoms with E-state index in [9.17, 15) is 9.90 Å². The number of carbonyl (C=O) groups is 1. The second-order valence-corrected chi connectivity index (χ2v) is 9.05. The molecule has 3 N–H and O–H groups in total. The number of ether oxygens (including phenoxy) is 2. The van der Waals surface area contributed by atoms with Crippen molar-refractivity contribution >= 4 is 5.91 Å². The van der Waals surface area contributed by atoms with E-state index >= 15 is 0 Å². The van der Waals surface area contributed by atoms with Crippen molar-refractivity contribution in [2.45, 2.75) is 57.8 Å². The third-order valence-electron chi connectivity index (χ3n) is 6.37. The van der Waals surface area contributed by atoms with Crippen LogP contribution in [-0.4, -0.2) is 47.8 Å². The van der Waals surface area contributed by atoms with Crippen LogP contribution in [-0.2, 0) is 9.53 Å². The summed E-state index contributed by atoms with van der Waals surface area (Å²) in [6.07, 6.45) is 1.89. The number of phenols is 1. The van der Waals surface area contributed by atoms with Crippen molar-refractivity contribution in [1.82, 2.24) is 15.8 Å². The first-order valence-electron chi connectivity index (χ1n) is 11.9. The molecule has 0 aliphatic carbocycles. The first kappa shape index (κ1) is 23.5. The van der Waals surface area contributed by atoms with Crippen LogP contribution >= 0.6 is 0 Å². The van der Waals surface area contributed by atoms with Crippen LogP contribution in [0.4, 0.5) is 0 Å². The van der Waals surface area contributed by atoms with E-state index in [1.54, 1.807) is 6.07 Å². The minimum atomic E-state index is -0.360. The van der Waals surface area contributed by atoms with Crippen LogP contribution in [0.25, 0.3) is 0 Å². The van der Waals surface area contributed by atoms with E-state index in [0.29, 0.717) is 19.8 Å². The summed E-state index contributed by atoms with van der Waals surface area (Å²) in [7, 11) is 0. The summed E-state index contributed by atoms with van der Waals surface area (Å²) in [6.45, 7) is 8.02. The molecule has 0 aromatic heterocycles. The maximum absolute atomic E-state index is 13.5. The zero-order valence-electron chi connectivity index (χ0n) is 19.7. The molecule has 4 rings (SSSR count). The van der Waals surface area contributed by atoms with Gasteiger partial charge in [0.15, 0.2) is 0 Å². The number of benzene rings is 2. The van der Waals surface area contributed by atoms with Crippen molar-refractivity contribution in [3.8, 4) is 11.5 Å². The highest BCUT2D eigenvalue weighted by Gasteiger charge is 2.55. The third-order valence-corrected chi connectivity index (χ3v) is 6.37. The van der Waals surface area contributed by atoms with Crippen LogP contribution in [0.1, 0.15) is 56.8 Å². The highest BCUT2D eigenvalue weighted by molar-refractivity contribution is 5.86. The van der Waals surface area contributed by atoms with Gasteiger partial charge in [-0.05, 0) is 50.5 Å². The lowest BCUT2D eigenvalue weighted by molar-refractivity contribution is -0.131. The fourth-order valence-corrected chi connectivity index (χ4v) is 4.90. The fraction of sp³-hybridized carbons (Fsp3) is 0.500. The fourth-order valence-electron chi connectivity index (χ4n) is 4.90. The van der Waals surface area contributed by atoms with Crippen LogP contribution in [0.15, 0.2) is 48.5 Å². The standard InChI is InChI=1S/C26H35N3O4/c1-4-15-33-19-12-10-18(11-13-19)25-22-23(20-8-5-6-9-21(20)30)27-28-24(22)26(31)29(25)14-7-16-32-17(2)3/h5-6,8-13,17,22-25,27-28,30H,4,7,14-16H2,1-3H3. The SMILES string of the molecule is CCCOc1ccc(C2C3C(NNC3c3ccccc3O)C(=O)N2CCCOC(C)C)cc1. The number of hydrogen-bond donors (Lipinski definition) is 3. The Morgan fingerprint density at radius 2 is 1.76 bits per heavy atom. The molecule has 2 saturated heterocycles. The number of nitrogens with one attached hydrogen (secondary N) is 2. The van der Waals surface area contributed by atoms with E-state index in [1.807, 2.05) is 49.1 Å². The molecule has 4 atom stereocenters. The lowest BCUT2D eigenvalue weighted by Gasteiger charge is -2.31. The minimum absolute atomic E-state index is 0.0702. The van der Waals surface area contributed by atoms with Crippen molar-refractivity contribution in [2.75, 3.05) is 19.8 Å². The molecule has 1 amide bonds. The van der Waals surface area contributed by atoms with Gasteiger partial charge in [0.1, 0.15) is 17.5 Å². The molecule has 2 aromatic carbocycles. The Bertz CT molecular complexity index is 933. The molecular weight excluding hydrogens is 418 g/mol. The summed E-state index contributed by atoms with van der Waals surface area (Å²) in [4.78, 5) is 15.4. The van der Waals surface area contributed by atoms with Gasteiger partial charge >= 0.3 is 0 Å². The van der Waals surface area contributed by atoms with Gasteiger partial charge in [-0.1, -0.05) is 37.3 Å². The third kappa shape index (κ3) is 5.00. The largest absolute Gasteiger partial charge is 0.508 e. The Morgan fingerprint density at radius 1 is 1.03 bits per heavy atom. The van der Waals surface area contributed by atoms with E-state index in [-0.39, 0.29) is 41.8 Å². The Morgan fingerprint density at radius 3 is 2.45 bits per heavy atom. The first-order valence-corrected chi connectivity index (χ1v) is 11.9. The Kier molecular flexibility index (Phi) is 7.53. The maximum atomic E-state index is 13.5. The number of hydrazine groups is 1. The number of rotatable bonds is 10. The molecule has 2 aliphatic heterocycles. The monoisotopic (exact) mass is 453 g/mol. The predicted molar refractivity (Wildman–Crippen MR) is 127 cm³/mol. The van der Waals surface area contributed by atoms with Crippen molar-refractivity contribution in [3.05, 3.63) is 59.7 Å². The molecule has 7 nitrogen and oxygen atoms in total.